The highest BCUT2D eigenvalue weighted by Gasteiger charge is 2.23. The Morgan fingerprint density at radius 3 is 2.74 bits per heavy atom. The summed E-state index contributed by atoms with van der Waals surface area (Å²) in [4.78, 5) is 23.7. The van der Waals surface area contributed by atoms with Crippen molar-refractivity contribution in [2.24, 2.45) is 0 Å². The van der Waals surface area contributed by atoms with Crippen molar-refractivity contribution in [3.8, 4) is 0 Å². The van der Waals surface area contributed by atoms with Crippen molar-refractivity contribution in [3.05, 3.63) is 68.9 Å². The van der Waals surface area contributed by atoms with Gasteiger partial charge >= 0.3 is 0 Å². The number of halogens is 2. The Morgan fingerprint density at radius 1 is 1.26 bits per heavy atom. The maximum Gasteiger partial charge on any atom is 0.219 e. The van der Waals surface area contributed by atoms with Gasteiger partial charge in [-0.2, -0.15) is 0 Å². The molecular weight excluding hydrogens is 405 g/mol. The highest BCUT2D eigenvalue weighted by Crippen LogP contribution is 2.35. The monoisotopic (exact) mass is 421 g/mol. The van der Waals surface area contributed by atoms with Crippen LogP contribution in [0.2, 0.25) is 10.0 Å². The van der Waals surface area contributed by atoms with E-state index < -0.39 is 5.12 Å². The average Bonchev–Trinajstić information content (AvgIpc) is 3.09. The number of carbonyl (C=O) groups is 2. The molecule has 27 heavy (non-hydrogen) atoms. The number of aryl methyl sites for hydroxylation is 1. The van der Waals surface area contributed by atoms with Crippen molar-refractivity contribution in [2.45, 2.75) is 19.9 Å². The topological polar surface area (TPSA) is 50.5 Å². The first-order valence-corrected chi connectivity index (χ1v) is 9.47. The second-order valence-electron chi connectivity index (χ2n) is 6.28. The lowest BCUT2D eigenvalue weighted by Crippen LogP contribution is -2.29. The molecule has 140 valence electrons. The van der Waals surface area contributed by atoms with E-state index >= 15 is 0 Å². The van der Waals surface area contributed by atoms with Crippen LogP contribution in [0.25, 0.3) is 11.0 Å². The Bertz CT molecular complexity index is 1020. The molecule has 0 spiro atoms. The Morgan fingerprint density at radius 2 is 2.04 bits per heavy atom. The van der Waals surface area contributed by atoms with E-state index in [1.165, 1.54) is 10.9 Å². The predicted octanol–water partition coefficient (Wildman–Crippen LogP) is 5.32. The van der Waals surface area contributed by atoms with Gasteiger partial charge in [0.25, 0.3) is 0 Å². The highest BCUT2D eigenvalue weighted by atomic mass is 35.5. The van der Waals surface area contributed by atoms with Gasteiger partial charge in [0.05, 0.1) is 21.9 Å². The third-order valence-corrected chi connectivity index (χ3v) is 5.35. The molecule has 1 aliphatic heterocycles. The van der Waals surface area contributed by atoms with E-state index in [1.807, 2.05) is 12.1 Å². The van der Waals surface area contributed by atoms with E-state index in [0.717, 1.165) is 23.1 Å². The van der Waals surface area contributed by atoms with Gasteiger partial charge in [-0.25, -0.2) is 0 Å². The van der Waals surface area contributed by atoms with E-state index in [4.69, 9.17) is 27.6 Å². The zero-order valence-corrected chi connectivity index (χ0v) is 16.9. The van der Waals surface area contributed by atoms with Gasteiger partial charge in [-0.05, 0) is 48.2 Å². The molecule has 4 rings (SSSR count). The smallest absolute Gasteiger partial charge is 0.219 e. The molecule has 0 N–H and O–H groups in total. The number of furan rings is 1. The second-order valence-corrected chi connectivity index (χ2v) is 7.47. The molecular formula is C20H17Cl2NO3S. The SMILES string of the molecule is Cc1ccc2ccoc2c1.O=CN1CCc2c(cc(Cl)c(C(=O)S)c2Cl)C1. The standard InChI is InChI=1S/C11H9Cl2NO2S.C9H8O/c12-8-3-6-4-14(5-15)2-1-7(6)10(13)9(8)11(16)17;1-7-2-3-8-4-5-10-9(8)6-7/h3,5H,1-2,4H2,(H,16,17);2-6H,1H3. The van der Waals surface area contributed by atoms with Crippen LogP contribution in [0.4, 0.5) is 0 Å². The third-order valence-electron chi connectivity index (χ3n) is 4.41. The van der Waals surface area contributed by atoms with Crippen molar-refractivity contribution in [2.75, 3.05) is 6.54 Å². The van der Waals surface area contributed by atoms with Gasteiger partial charge < -0.3 is 9.32 Å². The van der Waals surface area contributed by atoms with Crippen molar-refractivity contribution in [3.63, 3.8) is 0 Å². The summed E-state index contributed by atoms with van der Waals surface area (Å²) in [6.07, 6.45) is 3.13. The van der Waals surface area contributed by atoms with Crippen LogP contribution < -0.4 is 0 Å². The van der Waals surface area contributed by atoms with E-state index in [0.29, 0.717) is 24.5 Å². The summed E-state index contributed by atoms with van der Waals surface area (Å²) in [5.41, 5.74) is 4.22. The highest BCUT2D eigenvalue weighted by molar-refractivity contribution is 7.97. The summed E-state index contributed by atoms with van der Waals surface area (Å²) < 4.78 is 5.20. The number of nitrogens with zero attached hydrogens (tertiary/aromatic N) is 1. The molecule has 1 amide bonds. The van der Waals surface area contributed by atoms with Gasteiger partial charge in [-0.1, -0.05) is 35.3 Å². The second kappa shape index (κ2) is 8.38. The van der Waals surface area contributed by atoms with Crippen LogP contribution in [0.5, 0.6) is 0 Å². The number of rotatable bonds is 2. The fourth-order valence-corrected chi connectivity index (χ4v) is 4.15. The zero-order chi connectivity index (χ0) is 19.6. The fourth-order valence-electron chi connectivity index (χ4n) is 3.02. The maximum atomic E-state index is 11.3. The van der Waals surface area contributed by atoms with Crippen molar-refractivity contribution >= 4 is 58.3 Å². The minimum absolute atomic E-state index is 0.245. The Labute approximate surface area is 172 Å². The van der Waals surface area contributed by atoms with Crippen LogP contribution in [-0.2, 0) is 17.8 Å². The number of amides is 1. The molecule has 0 atom stereocenters. The maximum absolute atomic E-state index is 11.3. The molecule has 2 heterocycles. The first-order valence-electron chi connectivity index (χ1n) is 8.27. The lowest BCUT2D eigenvalue weighted by Gasteiger charge is -2.27. The number of hydrogen-bond donors (Lipinski definition) is 1. The first kappa shape index (κ1) is 19.8. The summed E-state index contributed by atoms with van der Waals surface area (Å²) in [5, 5.41) is 1.37. The van der Waals surface area contributed by atoms with Gasteiger partial charge in [0.1, 0.15) is 5.58 Å². The first-order chi connectivity index (χ1) is 12.9. The van der Waals surface area contributed by atoms with Crippen LogP contribution >= 0.6 is 35.8 Å². The van der Waals surface area contributed by atoms with Gasteiger partial charge in [-0.15, -0.1) is 12.6 Å². The zero-order valence-electron chi connectivity index (χ0n) is 14.5. The summed E-state index contributed by atoms with van der Waals surface area (Å²) in [7, 11) is 0. The largest absolute Gasteiger partial charge is 0.464 e. The van der Waals surface area contributed by atoms with Crippen LogP contribution in [0.1, 0.15) is 27.0 Å². The molecule has 0 unspecified atom stereocenters. The molecule has 2 aromatic carbocycles. The predicted molar refractivity (Wildman–Crippen MR) is 111 cm³/mol. The fraction of sp³-hybridized carbons (Fsp3) is 0.200. The molecule has 0 bridgehead atoms. The molecule has 7 heteroatoms. The van der Waals surface area contributed by atoms with E-state index in [-0.39, 0.29) is 10.6 Å². The van der Waals surface area contributed by atoms with Gasteiger partial charge in [0.2, 0.25) is 11.5 Å². The quantitative estimate of drug-likeness (QED) is 0.449. The molecule has 0 fully saturated rings. The lowest BCUT2D eigenvalue weighted by molar-refractivity contribution is -0.118. The molecule has 1 aliphatic rings. The average molecular weight is 422 g/mol. The molecule has 4 nitrogen and oxygen atoms in total. The molecule has 0 radical (unpaired) electrons. The summed E-state index contributed by atoms with van der Waals surface area (Å²) in [6, 6.07) is 9.83. The third kappa shape index (κ3) is 4.32. The Hall–Kier alpha value is -1.95. The van der Waals surface area contributed by atoms with Crippen LogP contribution in [0.15, 0.2) is 41.0 Å². The Balaban J connectivity index is 0.000000177. The number of thiol groups is 1. The van der Waals surface area contributed by atoms with Gasteiger partial charge in [0, 0.05) is 18.5 Å². The minimum Gasteiger partial charge on any atom is -0.464 e. The molecule has 0 saturated heterocycles. The van der Waals surface area contributed by atoms with E-state index in [2.05, 4.69) is 31.7 Å². The normalized spacial score (nSPS) is 13.0. The molecule has 0 aliphatic carbocycles. The molecule has 1 aromatic heterocycles. The lowest BCUT2D eigenvalue weighted by atomic mass is 9.97. The molecule has 0 saturated carbocycles. The van der Waals surface area contributed by atoms with Crippen LogP contribution in [-0.4, -0.2) is 23.0 Å². The van der Waals surface area contributed by atoms with Gasteiger partial charge in [0.15, 0.2) is 0 Å². The number of carbonyl (C=O) groups excluding carboxylic acids is 2. The van der Waals surface area contributed by atoms with Crippen molar-refractivity contribution in [1.82, 2.24) is 4.90 Å². The number of fused-ring (bicyclic) bond motifs is 2. The van der Waals surface area contributed by atoms with Crippen molar-refractivity contribution < 1.29 is 14.0 Å². The Kier molecular flexibility index (Phi) is 6.15. The van der Waals surface area contributed by atoms with E-state index in [9.17, 15) is 9.59 Å². The molecule has 3 aromatic rings. The van der Waals surface area contributed by atoms with Crippen LogP contribution in [0.3, 0.4) is 0 Å². The van der Waals surface area contributed by atoms with E-state index in [1.54, 1.807) is 17.2 Å². The van der Waals surface area contributed by atoms with Gasteiger partial charge in [-0.3, -0.25) is 9.59 Å². The van der Waals surface area contributed by atoms with Crippen LogP contribution in [0, 0.1) is 6.92 Å². The summed E-state index contributed by atoms with van der Waals surface area (Å²) >= 11 is 15.9. The number of benzene rings is 2. The van der Waals surface area contributed by atoms with Crippen molar-refractivity contribution in [1.29, 1.82) is 0 Å². The summed E-state index contributed by atoms with van der Waals surface area (Å²) in [6.45, 7) is 3.12. The number of hydrogen-bond acceptors (Lipinski definition) is 3. The summed E-state index contributed by atoms with van der Waals surface area (Å²) in [5.74, 6) is 0. The minimum atomic E-state index is -0.444.